The van der Waals surface area contributed by atoms with E-state index < -0.39 is 10.0 Å². The Hall–Kier alpha value is -2.01. The number of halogens is 3. The van der Waals surface area contributed by atoms with Gasteiger partial charge in [-0.3, -0.25) is 9.52 Å². The lowest BCUT2D eigenvalue weighted by atomic mass is 10.4. The molecule has 1 heterocycles. The van der Waals surface area contributed by atoms with E-state index in [0.717, 1.165) is 0 Å². The molecule has 2 rings (SSSR count). The number of rotatable bonds is 8. The maximum Gasteiger partial charge on any atom is 0.264 e. The number of carbonyl (C=O) groups is 1. The van der Waals surface area contributed by atoms with Gasteiger partial charge in [0.05, 0.1) is 17.2 Å². The molecule has 0 unspecified atom stereocenters. The topological polar surface area (TPSA) is 122 Å². The number of nitrogens with one attached hydrogen (secondary N) is 3. The van der Waals surface area contributed by atoms with Gasteiger partial charge in [-0.05, 0) is 12.1 Å². The van der Waals surface area contributed by atoms with Gasteiger partial charge >= 0.3 is 0 Å². The van der Waals surface area contributed by atoms with Crippen molar-refractivity contribution in [2.24, 2.45) is 0 Å². The van der Waals surface area contributed by atoms with Crippen molar-refractivity contribution in [3.05, 3.63) is 33.4 Å². The molecule has 1 amide bonds. The van der Waals surface area contributed by atoms with Crippen molar-refractivity contribution >= 4 is 62.4 Å². The number of ether oxygens (including phenoxy) is 1. The fourth-order valence-electron chi connectivity index (χ4n) is 2.01. The zero-order valence-corrected chi connectivity index (χ0v) is 17.8. The molecule has 0 spiro atoms. The molecule has 0 radical (unpaired) electrons. The normalized spacial score (nSPS) is 11.0. The minimum atomic E-state index is -4.13. The predicted molar refractivity (Wildman–Crippen MR) is 108 cm³/mol. The van der Waals surface area contributed by atoms with E-state index in [2.05, 4.69) is 25.3 Å². The SMILES string of the molecule is COc1nc(NCCNC(C)=O)c(Cl)nc1NS(=O)(=O)c1cccc(Cl)c1Cl. The third kappa shape index (κ3) is 5.51. The van der Waals surface area contributed by atoms with Crippen LogP contribution in [0.5, 0.6) is 5.88 Å². The van der Waals surface area contributed by atoms with Gasteiger partial charge in [0.15, 0.2) is 11.0 Å². The summed E-state index contributed by atoms with van der Waals surface area (Å²) >= 11 is 17.9. The first-order valence-corrected chi connectivity index (χ1v) is 10.3. The van der Waals surface area contributed by atoms with Crippen molar-refractivity contribution in [3.8, 4) is 5.88 Å². The minimum absolute atomic E-state index is 0.0827. The Balaban J connectivity index is 2.27. The number of carbonyl (C=O) groups excluding carboxylic acids is 1. The van der Waals surface area contributed by atoms with E-state index in [9.17, 15) is 13.2 Å². The van der Waals surface area contributed by atoms with Gasteiger partial charge in [0.25, 0.3) is 15.9 Å². The van der Waals surface area contributed by atoms with Crippen molar-refractivity contribution in [2.45, 2.75) is 11.8 Å². The molecule has 0 aliphatic rings. The molecular weight excluding hydrogens is 453 g/mol. The molecule has 0 aliphatic carbocycles. The van der Waals surface area contributed by atoms with Crippen LogP contribution in [0.2, 0.25) is 15.2 Å². The van der Waals surface area contributed by atoms with Crippen LogP contribution in [-0.2, 0) is 14.8 Å². The van der Waals surface area contributed by atoms with E-state index in [1.54, 1.807) is 0 Å². The molecule has 13 heteroatoms. The lowest BCUT2D eigenvalue weighted by molar-refractivity contribution is -0.118. The van der Waals surface area contributed by atoms with Crippen molar-refractivity contribution in [1.82, 2.24) is 15.3 Å². The molecule has 152 valence electrons. The summed E-state index contributed by atoms with van der Waals surface area (Å²) < 4.78 is 32.6. The third-order valence-corrected chi connectivity index (χ3v) is 5.82. The Labute approximate surface area is 176 Å². The molecule has 9 nitrogen and oxygen atoms in total. The highest BCUT2D eigenvalue weighted by Gasteiger charge is 2.23. The average molecular weight is 469 g/mol. The maximum absolute atomic E-state index is 12.6. The predicted octanol–water partition coefficient (Wildman–Crippen LogP) is 2.79. The van der Waals surface area contributed by atoms with Gasteiger partial charge in [0.2, 0.25) is 11.7 Å². The van der Waals surface area contributed by atoms with Crippen LogP contribution in [0.4, 0.5) is 11.6 Å². The number of aromatic nitrogens is 2. The Morgan fingerprint density at radius 1 is 1.14 bits per heavy atom. The van der Waals surface area contributed by atoms with Gasteiger partial charge in [0.1, 0.15) is 4.90 Å². The molecule has 2 aromatic rings. The standard InChI is InChI=1S/C15H16Cl3N5O4S/c1-8(24)19-6-7-20-13-12(18)21-14(15(22-13)27-2)23-28(25,26)10-5-3-4-9(16)11(10)17/h3-5H,6-7H2,1-2H3,(H,19,24)(H,20,22)(H,21,23). The van der Waals surface area contributed by atoms with E-state index in [1.165, 1.54) is 32.2 Å². The first-order valence-electron chi connectivity index (χ1n) is 7.72. The van der Waals surface area contributed by atoms with Crippen LogP contribution in [0.1, 0.15) is 6.92 Å². The molecule has 0 saturated heterocycles. The smallest absolute Gasteiger partial charge is 0.264 e. The van der Waals surface area contributed by atoms with Crippen LogP contribution in [0.3, 0.4) is 0 Å². The second-order valence-corrected chi connectivity index (χ2v) is 8.08. The number of anilines is 2. The van der Waals surface area contributed by atoms with Crippen LogP contribution in [-0.4, -0.2) is 44.5 Å². The van der Waals surface area contributed by atoms with Gasteiger partial charge in [-0.15, -0.1) is 0 Å². The summed E-state index contributed by atoms with van der Waals surface area (Å²) in [6.07, 6.45) is 0. The second-order valence-electron chi connectivity index (χ2n) is 5.29. The number of hydrogen-bond acceptors (Lipinski definition) is 7. The summed E-state index contributed by atoms with van der Waals surface area (Å²) in [5, 5.41) is 5.31. The molecule has 1 aromatic heterocycles. The summed E-state index contributed by atoms with van der Waals surface area (Å²) in [4.78, 5) is 18.7. The summed E-state index contributed by atoms with van der Waals surface area (Å²) in [5.41, 5.74) is 0. The second kappa shape index (κ2) is 9.46. The summed E-state index contributed by atoms with van der Waals surface area (Å²) in [6, 6.07) is 4.19. The van der Waals surface area contributed by atoms with Gasteiger partial charge in [-0.2, -0.15) is 4.98 Å². The Morgan fingerprint density at radius 3 is 2.50 bits per heavy atom. The molecule has 0 saturated carbocycles. The molecule has 1 aromatic carbocycles. The number of methoxy groups -OCH3 is 1. The van der Waals surface area contributed by atoms with Crippen molar-refractivity contribution in [1.29, 1.82) is 0 Å². The fraction of sp³-hybridized carbons (Fsp3) is 0.267. The van der Waals surface area contributed by atoms with E-state index in [4.69, 9.17) is 39.5 Å². The summed E-state index contributed by atoms with van der Waals surface area (Å²) in [5.74, 6) is -0.363. The lowest BCUT2D eigenvalue weighted by Crippen LogP contribution is -2.26. The van der Waals surface area contributed by atoms with Crippen LogP contribution >= 0.6 is 34.8 Å². The van der Waals surface area contributed by atoms with Crippen LogP contribution < -0.4 is 20.1 Å². The number of hydrogen-bond donors (Lipinski definition) is 3. The summed E-state index contributed by atoms with van der Waals surface area (Å²) in [6.45, 7) is 2.04. The maximum atomic E-state index is 12.6. The molecule has 28 heavy (non-hydrogen) atoms. The highest BCUT2D eigenvalue weighted by atomic mass is 35.5. The fourth-order valence-corrected chi connectivity index (χ4v) is 3.97. The zero-order chi connectivity index (χ0) is 20.9. The first kappa shape index (κ1) is 22.3. The van der Waals surface area contributed by atoms with Gasteiger partial charge in [0, 0.05) is 20.0 Å². The Morgan fingerprint density at radius 2 is 1.86 bits per heavy atom. The highest BCUT2D eigenvalue weighted by molar-refractivity contribution is 7.92. The number of amides is 1. The van der Waals surface area contributed by atoms with Crippen LogP contribution in [0.15, 0.2) is 23.1 Å². The lowest BCUT2D eigenvalue weighted by Gasteiger charge is -2.14. The third-order valence-electron chi connectivity index (χ3n) is 3.24. The monoisotopic (exact) mass is 467 g/mol. The molecule has 3 N–H and O–H groups in total. The molecule has 0 atom stereocenters. The number of sulfonamides is 1. The van der Waals surface area contributed by atoms with Crippen molar-refractivity contribution < 1.29 is 17.9 Å². The van der Waals surface area contributed by atoms with Crippen molar-refractivity contribution in [3.63, 3.8) is 0 Å². The minimum Gasteiger partial charge on any atom is -0.478 e. The molecule has 0 fully saturated rings. The van der Waals surface area contributed by atoms with E-state index in [-0.39, 0.29) is 43.5 Å². The van der Waals surface area contributed by atoms with Gasteiger partial charge < -0.3 is 15.4 Å². The largest absolute Gasteiger partial charge is 0.478 e. The Bertz CT molecular complexity index is 988. The highest BCUT2D eigenvalue weighted by Crippen LogP contribution is 2.32. The van der Waals surface area contributed by atoms with E-state index in [0.29, 0.717) is 13.1 Å². The van der Waals surface area contributed by atoms with Gasteiger partial charge in [-0.25, -0.2) is 13.4 Å². The van der Waals surface area contributed by atoms with Crippen LogP contribution in [0.25, 0.3) is 0 Å². The molecule has 0 aliphatic heterocycles. The van der Waals surface area contributed by atoms with E-state index in [1.807, 2.05) is 0 Å². The van der Waals surface area contributed by atoms with Crippen LogP contribution in [0, 0.1) is 0 Å². The average Bonchev–Trinajstić information content (AvgIpc) is 2.61. The molecule has 0 bridgehead atoms. The van der Waals surface area contributed by atoms with Gasteiger partial charge in [-0.1, -0.05) is 40.9 Å². The zero-order valence-electron chi connectivity index (χ0n) is 14.7. The summed E-state index contributed by atoms with van der Waals surface area (Å²) in [7, 11) is -2.84. The number of nitrogens with zero attached hydrogens (tertiary/aromatic N) is 2. The first-order chi connectivity index (χ1) is 13.2. The number of benzene rings is 1. The quantitative estimate of drug-likeness (QED) is 0.509. The molecular formula is C15H16Cl3N5O4S. The Kier molecular flexibility index (Phi) is 7.53. The van der Waals surface area contributed by atoms with Crippen molar-refractivity contribution in [2.75, 3.05) is 30.2 Å². The van der Waals surface area contributed by atoms with E-state index >= 15 is 0 Å².